The molecular weight excluding hydrogens is 433 g/mol. The summed E-state index contributed by atoms with van der Waals surface area (Å²) in [5.74, 6) is 0.766. The Hall–Kier alpha value is -2.64. The summed E-state index contributed by atoms with van der Waals surface area (Å²) in [5, 5.41) is 17.3. The van der Waals surface area contributed by atoms with Crippen LogP contribution >= 0.6 is 0 Å². The summed E-state index contributed by atoms with van der Waals surface area (Å²) in [5.41, 5.74) is -0.284. The highest BCUT2D eigenvalue weighted by Gasteiger charge is 2.49. The smallest absolute Gasteiger partial charge is 0.319 e. The van der Waals surface area contributed by atoms with E-state index in [1.807, 2.05) is 0 Å². The monoisotopic (exact) mass is 471 g/mol. The van der Waals surface area contributed by atoms with Gasteiger partial charge in [-0.25, -0.2) is 9.18 Å². The summed E-state index contributed by atoms with van der Waals surface area (Å²) in [4.78, 5) is 27.2. The van der Waals surface area contributed by atoms with Crippen LogP contribution in [-0.2, 0) is 4.79 Å². The minimum atomic E-state index is -0.709. The number of guanidine groups is 1. The van der Waals surface area contributed by atoms with E-state index < -0.39 is 11.4 Å². The third kappa shape index (κ3) is 5.88. The number of likely N-dealkylation sites (N-methyl/N-ethyl adjacent to an activating group) is 1. The van der Waals surface area contributed by atoms with Gasteiger partial charge >= 0.3 is 6.03 Å². The molecule has 186 valence electrons. The predicted molar refractivity (Wildman–Crippen MR) is 131 cm³/mol. The molecule has 7 nitrogen and oxygen atoms in total. The lowest BCUT2D eigenvalue weighted by Gasteiger charge is -2.36. The third-order valence-electron chi connectivity index (χ3n) is 7.95. The van der Waals surface area contributed by atoms with Gasteiger partial charge in [-0.05, 0) is 62.1 Å². The molecular formula is C26H38FN5O2. The van der Waals surface area contributed by atoms with Gasteiger partial charge in [-0.15, -0.1) is 0 Å². The van der Waals surface area contributed by atoms with E-state index in [1.54, 1.807) is 19.2 Å². The summed E-state index contributed by atoms with van der Waals surface area (Å²) in [6.45, 7) is 0. The highest BCUT2D eigenvalue weighted by molar-refractivity contribution is 6.07. The van der Waals surface area contributed by atoms with Gasteiger partial charge in [0.2, 0.25) is 0 Å². The van der Waals surface area contributed by atoms with Gasteiger partial charge in [0, 0.05) is 18.8 Å². The number of rotatable bonds is 7. The number of anilines is 1. The fraction of sp³-hybridized carbons (Fsp3) is 0.654. The van der Waals surface area contributed by atoms with Crippen molar-refractivity contribution in [3.63, 3.8) is 0 Å². The second-order valence-corrected chi connectivity index (χ2v) is 10.5. The van der Waals surface area contributed by atoms with Crippen molar-refractivity contribution in [2.24, 2.45) is 11.8 Å². The Morgan fingerprint density at radius 3 is 2.65 bits per heavy atom. The molecule has 1 saturated heterocycles. The second-order valence-electron chi connectivity index (χ2n) is 10.5. The van der Waals surface area contributed by atoms with Crippen LogP contribution in [0.1, 0.15) is 77.0 Å². The van der Waals surface area contributed by atoms with Crippen LogP contribution in [0.4, 0.5) is 14.9 Å². The number of nitrogens with zero attached hydrogens (tertiary/aromatic N) is 1. The van der Waals surface area contributed by atoms with E-state index in [1.165, 1.54) is 49.1 Å². The van der Waals surface area contributed by atoms with Gasteiger partial charge < -0.3 is 16.0 Å². The highest BCUT2D eigenvalue weighted by Crippen LogP contribution is 2.38. The van der Waals surface area contributed by atoms with Crippen molar-refractivity contribution in [3.05, 3.63) is 30.1 Å². The lowest BCUT2D eigenvalue weighted by molar-refractivity contribution is -0.131. The van der Waals surface area contributed by atoms with Gasteiger partial charge in [-0.3, -0.25) is 15.1 Å². The van der Waals surface area contributed by atoms with Crippen LogP contribution in [0.5, 0.6) is 0 Å². The number of hydrogen-bond acceptors (Lipinski definition) is 3. The number of halogens is 1. The molecule has 0 spiro atoms. The number of hydrogen-bond donors (Lipinski definition) is 4. The lowest BCUT2D eigenvalue weighted by atomic mass is 9.74. The molecule has 1 aromatic rings. The SMILES string of the molecule is CN1C(=N)N[C@](CCC2CCCCC2)(C[C@H]2CCCC(NC(=O)Nc3cccc(F)c3)C2)C1=O. The maximum Gasteiger partial charge on any atom is 0.319 e. The third-order valence-corrected chi connectivity index (χ3v) is 7.95. The average molecular weight is 472 g/mol. The van der Waals surface area contributed by atoms with Crippen molar-refractivity contribution in [2.45, 2.75) is 88.6 Å². The first-order valence-corrected chi connectivity index (χ1v) is 12.8. The van der Waals surface area contributed by atoms with Crippen molar-refractivity contribution in [1.29, 1.82) is 5.41 Å². The summed E-state index contributed by atoms with van der Waals surface area (Å²) < 4.78 is 13.4. The van der Waals surface area contributed by atoms with Gasteiger partial charge in [-0.1, -0.05) is 51.0 Å². The molecule has 0 radical (unpaired) electrons. The molecule has 34 heavy (non-hydrogen) atoms. The Kier molecular flexibility index (Phi) is 7.73. The predicted octanol–water partition coefficient (Wildman–Crippen LogP) is 4.99. The van der Waals surface area contributed by atoms with Crippen LogP contribution in [0.2, 0.25) is 0 Å². The largest absolute Gasteiger partial charge is 0.342 e. The molecule has 1 aromatic carbocycles. The number of benzene rings is 1. The van der Waals surface area contributed by atoms with E-state index >= 15 is 0 Å². The number of amides is 3. The first-order valence-electron chi connectivity index (χ1n) is 12.8. The van der Waals surface area contributed by atoms with Crippen LogP contribution in [0.25, 0.3) is 0 Å². The van der Waals surface area contributed by atoms with Crippen LogP contribution in [-0.4, -0.2) is 41.4 Å². The van der Waals surface area contributed by atoms with E-state index in [2.05, 4.69) is 16.0 Å². The van der Waals surface area contributed by atoms with E-state index in [0.29, 0.717) is 18.0 Å². The quantitative estimate of drug-likeness (QED) is 0.451. The minimum absolute atomic E-state index is 0.00670. The topological polar surface area (TPSA) is 97.3 Å². The molecule has 4 N–H and O–H groups in total. The first kappa shape index (κ1) is 24.5. The lowest BCUT2D eigenvalue weighted by Crippen LogP contribution is -2.50. The molecule has 2 saturated carbocycles. The zero-order chi connectivity index (χ0) is 24.1. The van der Waals surface area contributed by atoms with Crippen LogP contribution in [0.3, 0.4) is 0 Å². The van der Waals surface area contributed by atoms with E-state index in [0.717, 1.165) is 38.5 Å². The Morgan fingerprint density at radius 1 is 1.18 bits per heavy atom. The van der Waals surface area contributed by atoms with Crippen LogP contribution < -0.4 is 16.0 Å². The maximum absolute atomic E-state index is 13.4. The molecule has 1 aliphatic heterocycles. The fourth-order valence-corrected chi connectivity index (χ4v) is 6.14. The highest BCUT2D eigenvalue weighted by atomic mass is 19.1. The van der Waals surface area contributed by atoms with Crippen molar-refractivity contribution in [3.8, 4) is 0 Å². The Balaban J connectivity index is 1.36. The van der Waals surface area contributed by atoms with Gasteiger partial charge in [-0.2, -0.15) is 0 Å². The molecule has 1 unspecified atom stereocenters. The first-order chi connectivity index (χ1) is 16.3. The van der Waals surface area contributed by atoms with E-state index in [-0.39, 0.29) is 29.9 Å². The normalized spacial score (nSPS) is 28.0. The number of urea groups is 1. The summed E-state index contributed by atoms with van der Waals surface area (Å²) in [7, 11) is 1.68. The molecule has 3 atom stereocenters. The van der Waals surface area contributed by atoms with E-state index in [9.17, 15) is 14.0 Å². The van der Waals surface area contributed by atoms with Gasteiger partial charge in [0.05, 0.1) is 0 Å². The van der Waals surface area contributed by atoms with Crippen LogP contribution in [0, 0.1) is 23.1 Å². The van der Waals surface area contributed by atoms with Crippen LogP contribution in [0.15, 0.2) is 24.3 Å². The fourth-order valence-electron chi connectivity index (χ4n) is 6.14. The Bertz CT molecular complexity index is 903. The van der Waals surface area contributed by atoms with Crippen molar-refractivity contribution >= 4 is 23.6 Å². The second kappa shape index (κ2) is 10.7. The molecule has 8 heteroatoms. The van der Waals surface area contributed by atoms with Gasteiger partial charge in [0.25, 0.3) is 5.91 Å². The summed E-state index contributed by atoms with van der Waals surface area (Å²) >= 11 is 0. The molecule has 0 bridgehead atoms. The van der Waals surface area contributed by atoms with Gasteiger partial charge in [0.15, 0.2) is 5.96 Å². The standard InChI is InChI=1S/C26H38FN5O2/c1-32-23(33)26(31-24(32)28,14-13-18-7-3-2-4-8-18)17-19-9-5-11-21(15-19)29-25(34)30-22-12-6-10-20(27)16-22/h6,10,12,16,18-19,21H,2-5,7-9,11,13-15,17H2,1H3,(H2,28,31)(H2,29,30,34)/t19-,21?,26+/m0/s1. The van der Waals surface area contributed by atoms with Crippen molar-refractivity contribution in [2.75, 3.05) is 12.4 Å². The number of carbonyl (C=O) groups is 2. The zero-order valence-corrected chi connectivity index (χ0v) is 20.2. The Labute approximate surface area is 201 Å². The maximum atomic E-state index is 13.4. The van der Waals surface area contributed by atoms with Crippen molar-refractivity contribution < 1.29 is 14.0 Å². The number of carbonyl (C=O) groups excluding carboxylic acids is 2. The number of nitrogens with one attached hydrogen (secondary N) is 4. The molecule has 3 aliphatic rings. The van der Waals surface area contributed by atoms with Crippen molar-refractivity contribution in [1.82, 2.24) is 15.5 Å². The zero-order valence-electron chi connectivity index (χ0n) is 20.2. The van der Waals surface area contributed by atoms with E-state index in [4.69, 9.17) is 5.41 Å². The minimum Gasteiger partial charge on any atom is -0.342 e. The molecule has 0 aromatic heterocycles. The molecule has 2 aliphatic carbocycles. The Morgan fingerprint density at radius 2 is 1.94 bits per heavy atom. The molecule has 1 heterocycles. The molecule has 3 fully saturated rings. The van der Waals surface area contributed by atoms with Gasteiger partial charge in [0.1, 0.15) is 11.4 Å². The molecule has 3 amide bonds. The summed E-state index contributed by atoms with van der Waals surface area (Å²) in [6.07, 6.45) is 12.5. The average Bonchev–Trinajstić information content (AvgIpc) is 3.02. The summed E-state index contributed by atoms with van der Waals surface area (Å²) in [6, 6.07) is 5.53. The molecule has 4 rings (SSSR count).